The molecule has 78 heavy (non-hydrogen) atoms. The van der Waals surface area contributed by atoms with Gasteiger partial charge >= 0.3 is 13.6 Å². The van der Waals surface area contributed by atoms with Gasteiger partial charge in [0, 0.05) is 15.4 Å². The first-order valence-electron chi connectivity index (χ1n) is 25.0. The summed E-state index contributed by atoms with van der Waals surface area (Å²) in [7, 11) is -1.49. The smallest absolute Gasteiger partial charge is 0.476 e. The molecule has 0 saturated carbocycles. The van der Waals surface area contributed by atoms with E-state index in [0.29, 0.717) is 26.9 Å². The molecule has 3 heterocycles. The van der Waals surface area contributed by atoms with Gasteiger partial charge in [0.05, 0.1) is 38.4 Å². The topological polar surface area (TPSA) is 181 Å². The van der Waals surface area contributed by atoms with Crippen molar-refractivity contribution >= 4 is 59.2 Å². The Hall–Kier alpha value is -6.14. The predicted octanol–water partition coefficient (Wildman–Crippen LogP) is 14.2. The van der Waals surface area contributed by atoms with Crippen LogP contribution in [0.4, 0.5) is 5.82 Å². The molecule has 2 aromatic heterocycles. The van der Waals surface area contributed by atoms with Gasteiger partial charge in [-0.05, 0) is 142 Å². The number of phosphoric acid groups is 1. The molecule has 1 saturated heterocycles. The molecular formula is C58H61N5O11P2S2. The molecule has 4 atom stereocenters. The lowest BCUT2D eigenvalue weighted by atomic mass is 9.80. The first kappa shape index (κ1) is 56.6. The summed E-state index contributed by atoms with van der Waals surface area (Å²) >= 11 is 2.10. The quantitative estimate of drug-likeness (QED) is 0.0529. The van der Waals surface area contributed by atoms with E-state index in [4.69, 9.17) is 42.0 Å². The highest BCUT2D eigenvalue weighted by Gasteiger charge is 2.56. The van der Waals surface area contributed by atoms with Crippen LogP contribution in [0.3, 0.4) is 0 Å². The average molecular weight is 1130 g/mol. The van der Waals surface area contributed by atoms with Crippen molar-refractivity contribution in [3.63, 3.8) is 0 Å². The molecule has 1 unspecified atom stereocenters. The van der Waals surface area contributed by atoms with E-state index in [1.165, 1.54) is 12.7 Å². The molecule has 1 aliphatic heterocycles. The Morgan fingerprint density at radius 3 is 1.60 bits per heavy atom. The number of hydrogen-bond donors (Lipinski definition) is 1. The van der Waals surface area contributed by atoms with Crippen molar-refractivity contribution in [3.8, 4) is 11.5 Å². The largest absolute Gasteiger partial charge is 0.497 e. The molecule has 0 radical (unpaired) electrons. The standard InChI is InChI=1S/C58H61N5O11P2S2/c1-56(2,3)73-75(65,74-57(4,5)6)71-51-50(72-76(66,77-46-25-17-11-18-26-46)78-47-27-19-12-20-28-47)48(70-55(51)63-39-61-49-52(59-38-60-53(49)63)62-54(64)40-21-13-9-14-22-40)37-69-58(41-23-15-10-16-24-41,42-29-33-44(67-7)34-30-42)43-31-35-45(68-8)36-32-43/h9-36,38-39,48,50-51,55H,37H2,1-8H3,(H,59,60,62,64)/t48?,50-,51-,55-/m1/s1. The highest BCUT2D eigenvalue weighted by molar-refractivity contribution is 8.89. The molecule has 16 nitrogen and oxygen atoms in total. The first-order valence-corrected chi connectivity index (χ1v) is 30.9. The number of amides is 1. The van der Waals surface area contributed by atoms with Gasteiger partial charge in [-0.25, -0.2) is 19.5 Å². The third-order valence-electron chi connectivity index (χ3n) is 12.0. The number of ether oxygens (including phenoxy) is 4. The van der Waals surface area contributed by atoms with Crippen LogP contribution in [0.2, 0.25) is 0 Å². The summed E-state index contributed by atoms with van der Waals surface area (Å²) in [5.41, 5.74) is -0.513. The Labute approximate surface area is 462 Å². The van der Waals surface area contributed by atoms with Crippen LogP contribution in [-0.4, -0.2) is 75.8 Å². The van der Waals surface area contributed by atoms with E-state index < -0.39 is 60.8 Å². The van der Waals surface area contributed by atoms with Crippen LogP contribution in [0.5, 0.6) is 11.5 Å². The van der Waals surface area contributed by atoms with Gasteiger partial charge in [-0.15, -0.1) is 0 Å². The zero-order valence-corrected chi connectivity index (χ0v) is 47.7. The molecule has 9 rings (SSSR count). The number of benzene rings is 6. The number of phosphoric ester groups is 1. The molecule has 8 aromatic rings. The minimum absolute atomic E-state index is 0.114. The highest BCUT2D eigenvalue weighted by Crippen LogP contribution is 2.75. The number of imidazole rings is 1. The van der Waals surface area contributed by atoms with Crippen LogP contribution in [-0.2, 0) is 42.3 Å². The molecule has 0 aliphatic carbocycles. The Balaban J connectivity index is 1.24. The van der Waals surface area contributed by atoms with Crippen molar-refractivity contribution < 1.29 is 51.0 Å². The Kier molecular flexibility index (Phi) is 17.5. The van der Waals surface area contributed by atoms with Crippen molar-refractivity contribution in [2.24, 2.45) is 0 Å². The zero-order valence-electron chi connectivity index (χ0n) is 44.3. The van der Waals surface area contributed by atoms with E-state index in [0.717, 1.165) is 39.5 Å². The van der Waals surface area contributed by atoms with Crippen LogP contribution in [0.25, 0.3) is 11.2 Å². The third-order valence-corrected chi connectivity index (χ3v) is 20.4. The van der Waals surface area contributed by atoms with Gasteiger partial charge < -0.3 is 28.8 Å². The molecule has 1 N–H and O–H groups in total. The lowest BCUT2D eigenvalue weighted by molar-refractivity contribution is -0.0927. The summed E-state index contributed by atoms with van der Waals surface area (Å²) in [6, 6.07) is 52.2. The fourth-order valence-electron chi connectivity index (χ4n) is 8.80. The van der Waals surface area contributed by atoms with Crippen LogP contribution in [0.15, 0.2) is 192 Å². The lowest BCUT2D eigenvalue weighted by Crippen LogP contribution is -2.41. The van der Waals surface area contributed by atoms with E-state index in [1.807, 2.05) is 146 Å². The van der Waals surface area contributed by atoms with Gasteiger partial charge in [-0.3, -0.25) is 27.5 Å². The van der Waals surface area contributed by atoms with Gasteiger partial charge in [0.15, 0.2) is 23.2 Å². The summed E-state index contributed by atoms with van der Waals surface area (Å²) in [4.78, 5) is 28.7. The number of fused-ring (bicyclic) bond motifs is 1. The first-order chi connectivity index (χ1) is 37.4. The Morgan fingerprint density at radius 1 is 0.615 bits per heavy atom. The monoisotopic (exact) mass is 1130 g/mol. The van der Waals surface area contributed by atoms with E-state index in [9.17, 15) is 4.79 Å². The van der Waals surface area contributed by atoms with Crippen molar-refractivity contribution in [1.29, 1.82) is 0 Å². The lowest BCUT2D eigenvalue weighted by Gasteiger charge is -2.37. The summed E-state index contributed by atoms with van der Waals surface area (Å²) in [6.45, 7) is 10.1. The molecule has 1 aliphatic rings. The maximum absolute atomic E-state index is 16.2. The van der Waals surface area contributed by atoms with E-state index in [-0.39, 0.29) is 23.6 Å². The normalized spacial score (nSPS) is 17.2. The van der Waals surface area contributed by atoms with Gasteiger partial charge in [0.1, 0.15) is 41.7 Å². The van der Waals surface area contributed by atoms with E-state index >= 15 is 9.13 Å². The highest BCUT2D eigenvalue weighted by atomic mass is 33.1. The van der Waals surface area contributed by atoms with Gasteiger partial charge in [0.25, 0.3) is 5.91 Å². The number of anilines is 1. The average Bonchev–Trinajstić information content (AvgIpc) is 4.20. The van der Waals surface area contributed by atoms with Gasteiger partial charge in [-0.2, -0.15) is 0 Å². The number of nitrogens with zero attached hydrogens (tertiary/aromatic N) is 4. The fourth-order valence-corrected chi connectivity index (χ4v) is 17.7. The number of hydrogen-bond acceptors (Lipinski definition) is 16. The summed E-state index contributed by atoms with van der Waals surface area (Å²) < 4.78 is 86.2. The van der Waals surface area contributed by atoms with Crippen LogP contribution in [0.1, 0.15) is 74.8 Å². The second kappa shape index (κ2) is 24.1. The Bertz CT molecular complexity index is 3260. The summed E-state index contributed by atoms with van der Waals surface area (Å²) in [5, 5.41) is 2.87. The maximum Gasteiger partial charge on any atom is 0.476 e. The number of methoxy groups -OCH3 is 2. The molecular weight excluding hydrogens is 1070 g/mol. The number of aromatic nitrogens is 4. The summed E-state index contributed by atoms with van der Waals surface area (Å²) in [5.74, 6) is -3.12. The SMILES string of the molecule is COc1ccc(C(OCC2O[C@@H](n3cnc4c(NC(=O)c5ccccc5)ncnc43)[C@H](OP(=O)(OC(C)(C)C)OC(C)(C)C)[C@@H]2OP(=O)(Sc2ccccc2)Sc2ccccc2)(c2ccccc2)c2ccc(OC)cc2)cc1. The zero-order chi connectivity index (χ0) is 55.1. The Morgan fingerprint density at radius 2 is 1.10 bits per heavy atom. The van der Waals surface area contributed by atoms with Crippen molar-refractivity contribution in [1.82, 2.24) is 19.5 Å². The number of nitrogens with one attached hydrogen (secondary N) is 1. The molecule has 1 fully saturated rings. The van der Waals surface area contributed by atoms with Crippen molar-refractivity contribution in [2.75, 3.05) is 26.1 Å². The van der Waals surface area contributed by atoms with Crippen LogP contribution < -0.4 is 14.8 Å². The van der Waals surface area contributed by atoms with E-state index in [2.05, 4.69) is 15.3 Å². The predicted molar refractivity (Wildman–Crippen MR) is 303 cm³/mol. The van der Waals surface area contributed by atoms with Gasteiger partial charge in [-0.1, -0.05) is 109 Å². The molecule has 6 aromatic carbocycles. The van der Waals surface area contributed by atoms with Crippen LogP contribution in [0, 0.1) is 0 Å². The molecule has 20 heteroatoms. The molecule has 0 bridgehead atoms. The number of rotatable bonds is 21. The maximum atomic E-state index is 16.2. The van der Waals surface area contributed by atoms with E-state index in [1.54, 1.807) is 84.6 Å². The van der Waals surface area contributed by atoms with Crippen molar-refractivity contribution in [3.05, 3.63) is 205 Å². The minimum atomic E-state index is -4.70. The molecule has 0 spiro atoms. The third kappa shape index (κ3) is 13.5. The number of carbonyl (C=O) groups is 1. The molecule has 406 valence electrons. The van der Waals surface area contributed by atoms with Crippen LogP contribution >= 0.6 is 36.4 Å². The van der Waals surface area contributed by atoms with Crippen molar-refractivity contribution in [2.45, 2.75) is 92.7 Å². The minimum Gasteiger partial charge on any atom is -0.497 e. The number of carbonyl (C=O) groups excluding carboxylic acids is 1. The molecule has 1 amide bonds. The summed E-state index contributed by atoms with van der Waals surface area (Å²) in [6.07, 6.45) is -2.68. The fraction of sp³-hybridized carbons (Fsp3) is 0.276. The van der Waals surface area contributed by atoms with Gasteiger partial charge in [0.2, 0.25) is 0 Å². The second-order valence-corrected chi connectivity index (χ2v) is 28.6. The second-order valence-electron chi connectivity index (χ2n) is 20.0.